The summed E-state index contributed by atoms with van der Waals surface area (Å²) in [6.07, 6.45) is 1.60. The maximum absolute atomic E-state index is 4.34. The van der Waals surface area contributed by atoms with Gasteiger partial charge < -0.3 is 5.32 Å². The first-order valence-corrected chi connectivity index (χ1v) is 6.27. The zero-order valence-electron chi connectivity index (χ0n) is 10.2. The SMILES string of the molecule is CNc1ncnc(Sc2ccccc2C)c1C. The van der Waals surface area contributed by atoms with Gasteiger partial charge in [-0.2, -0.15) is 0 Å². The van der Waals surface area contributed by atoms with E-state index in [1.807, 2.05) is 26.1 Å². The molecule has 0 spiro atoms. The van der Waals surface area contributed by atoms with Crippen molar-refractivity contribution in [2.75, 3.05) is 12.4 Å². The highest BCUT2D eigenvalue weighted by atomic mass is 32.2. The van der Waals surface area contributed by atoms with Crippen LogP contribution in [0, 0.1) is 13.8 Å². The summed E-state index contributed by atoms with van der Waals surface area (Å²) in [6.45, 7) is 4.14. The predicted molar refractivity (Wildman–Crippen MR) is 71.6 cm³/mol. The second-order valence-corrected chi connectivity index (χ2v) is 4.80. The molecular weight excluding hydrogens is 230 g/mol. The lowest BCUT2D eigenvalue weighted by atomic mass is 10.2. The van der Waals surface area contributed by atoms with Crippen molar-refractivity contribution < 1.29 is 0 Å². The zero-order valence-corrected chi connectivity index (χ0v) is 11.0. The van der Waals surface area contributed by atoms with Gasteiger partial charge in [0.15, 0.2) is 0 Å². The summed E-state index contributed by atoms with van der Waals surface area (Å²) in [5, 5.41) is 4.07. The normalized spacial score (nSPS) is 10.3. The molecule has 0 atom stereocenters. The van der Waals surface area contributed by atoms with Crippen molar-refractivity contribution >= 4 is 17.6 Å². The minimum Gasteiger partial charge on any atom is -0.373 e. The fraction of sp³-hybridized carbons (Fsp3) is 0.231. The molecule has 2 rings (SSSR count). The molecule has 3 nitrogen and oxygen atoms in total. The van der Waals surface area contributed by atoms with Crippen LogP contribution in [0.4, 0.5) is 5.82 Å². The smallest absolute Gasteiger partial charge is 0.133 e. The number of nitrogens with one attached hydrogen (secondary N) is 1. The average Bonchev–Trinajstić information content (AvgIpc) is 2.34. The number of nitrogens with zero attached hydrogens (tertiary/aromatic N) is 2. The van der Waals surface area contributed by atoms with Gasteiger partial charge in [0.25, 0.3) is 0 Å². The van der Waals surface area contributed by atoms with Crippen molar-refractivity contribution in [2.45, 2.75) is 23.8 Å². The second kappa shape index (κ2) is 5.19. The molecule has 0 aliphatic heterocycles. The van der Waals surface area contributed by atoms with Crippen LogP contribution in [-0.4, -0.2) is 17.0 Å². The van der Waals surface area contributed by atoms with Crippen molar-refractivity contribution in [2.24, 2.45) is 0 Å². The minimum absolute atomic E-state index is 0.885. The first-order chi connectivity index (χ1) is 8.22. The van der Waals surface area contributed by atoms with Crippen molar-refractivity contribution in [3.8, 4) is 0 Å². The van der Waals surface area contributed by atoms with E-state index in [-0.39, 0.29) is 0 Å². The van der Waals surface area contributed by atoms with E-state index in [9.17, 15) is 0 Å². The first-order valence-electron chi connectivity index (χ1n) is 5.45. The molecule has 17 heavy (non-hydrogen) atoms. The van der Waals surface area contributed by atoms with E-state index in [1.165, 1.54) is 10.5 Å². The summed E-state index contributed by atoms with van der Waals surface area (Å²) in [5.74, 6) is 0.885. The Balaban J connectivity index is 2.34. The topological polar surface area (TPSA) is 37.8 Å². The summed E-state index contributed by atoms with van der Waals surface area (Å²) in [5.41, 5.74) is 2.35. The van der Waals surface area contributed by atoms with E-state index < -0.39 is 0 Å². The van der Waals surface area contributed by atoms with Crippen molar-refractivity contribution in [3.63, 3.8) is 0 Å². The Kier molecular flexibility index (Phi) is 3.64. The molecule has 0 saturated carbocycles. The summed E-state index contributed by atoms with van der Waals surface area (Å²) in [7, 11) is 1.87. The van der Waals surface area contributed by atoms with Gasteiger partial charge in [-0.3, -0.25) is 0 Å². The number of aryl methyl sites for hydroxylation is 1. The van der Waals surface area contributed by atoms with Crippen LogP contribution in [0.1, 0.15) is 11.1 Å². The number of anilines is 1. The molecule has 1 heterocycles. The van der Waals surface area contributed by atoms with Gasteiger partial charge in [0, 0.05) is 17.5 Å². The van der Waals surface area contributed by atoms with Crippen LogP contribution in [0.5, 0.6) is 0 Å². The van der Waals surface area contributed by atoms with Crippen molar-refractivity contribution in [3.05, 3.63) is 41.7 Å². The molecule has 0 aliphatic rings. The molecule has 1 aromatic carbocycles. The quantitative estimate of drug-likeness (QED) is 0.842. The van der Waals surface area contributed by atoms with Gasteiger partial charge in [-0.25, -0.2) is 9.97 Å². The number of benzene rings is 1. The molecule has 0 radical (unpaired) electrons. The fourth-order valence-corrected chi connectivity index (χ4v) is 2.50. The number of aromatic nitrogens is 2. The lowest BCUT2D eigenvalue weighted by molar-refractivity contribution is 1.00. The third kappa shape index (κ3) is 2.58. The van der Waals surface area contributed by atoms with Gasteiger partial charge in [0.1, 0.15) is 17.2 Å². The number of hydrogen-bond acceptors (Lipinski definition) is 4. The zero-order chi connectivity index (χ0) is 12.3. The largest absolute Gasteiger partial charge is 0.373 e. The standard InChI is InChI=1S/C13H15N3S/c1-9-6-4-5-7-11(9)17-13-10(2)12(14-3)15-8-16-13/h4-8H,1-3H3,(H,14,15,16). The van der Waals surface area contributed by atoms with E-state index in [4.69, 9.17) is 0 Å². The third-order valence-electron chi connectivity index (χ3n) is 2.57. The minimum atomic E-state index is 0.885. The molecule has 0 fully saturated rings. The van der Waals surface area contributed by atoms with Gasteiger partial charge >= 0.3 is 0 Å². The lowest BCUT2D eigenvalue weighted by Gasteiger charge is -2.09. The Morgan fingerprint density at radius 2 is 1.88 bits per heavy atom. The van der Waals surface area contributed by atoms with E-state index >= 15 is 0 Å². The van der Waals surface area contributed by atoms with Crippen LogP contribution in [-0.2, 0) is 0 Å². The molecule has 0 unspecified atom stereocenters. The van der Waals surface area contributed by atoms with E-state index in [0.717, 1.165) is 16.4 Å². The van der Waals surface area contributed by atoms with E-state index in [0.29, 0.717) is 0 Å². The Bertz CT molecular complexity index is 526. The van der Waals surface area contributed by atoms with Crippen molar-refractivity contribution in [1.82, 2.24) is 9.97 Å². The van der Waals surface area contributed by atoms with Crippen molar-refractivity contribution in [1.29, 1.82) is 0 Å². The molecule has 1 aromatic heterocycles. The number of hydrogen-bond donors (Lipinski definition) is 1. The molecule has 4 heteroatoms. The molecule has 0 amide bonds. The maximum atomic E-state index is 4.34. The van der Waals surface area contributed by atoms with Gasteiger partial charge in [-0.15, -0.1) is 0 Å². The maximum Gasteiger partial charge on any atom is 0.133 e. The van der Waals surface area contributed by atoms with Crippen LogP contribution in [0.2, 0.25) is 0 Å². The lowest BCUT2D eigenvalue weighted by Crippen LogP contribution is -1.98. The Morgan fingerprint density at radius 1 is 1.12 bits per heavy atom. The monoisotopic (exact) mass is 245 g/mol. The van der Waals surface area contributed by atoms with Gasteiger partial charge in [-0.05, 0) is 25.5 Å². The molecule has 88 valence electrons. The molecule has 0 bridgehead atoms. The highest BCUT2D eigenvalue weighted by Crippen LogP contribution is 2.32. The Morgan fingerprint density at radius 3 is 2.59 bits per heavy atom. The van der Waals surface area contributed by atoms with Crippen LogP contribution < -0.4 is 5.32 Å². The third-order valence-corrected chi connectivity index (χ3v) is 3.86. The van der Waals surface area contributed by atoms with Gasteiger partial charge in [-0.1, -0.05) is 30.0 Å². The number of rotatable bonds is 3. The Labute approximate surface area is 106 Å². The average molecular weight is 245 g/mol. The molecule has 1 N–H and O–H groups in total. The fourth-order valence-electron chi connectivity index (χ4n) is 1.56. The molecule has 2 aromatic rings. The highest BCUT2D eigenvalue weighted by Gasteiger charge is 2.08. The summed E-state index contributed by atoms with van der Waals surface area (Å²) in [4.78, 5) is 9.75. The molecule has 0 saturated heterocycles. The van der Waals surface area contributed by atoms with Crippen LogP contribution in [0.3, 0.4) is 0 Å². The molecule has 0 aliphatic carbocycles. The summed E-state index contributed by atoms with van der Waals surface area (Å²) < 4.78 is 0. The summed E-state index contributed by atoms with van der Waals surface area (Å²) in [6, 6.07) is 8.31. The van der Waals surface area contributed by atoms with Gasteiger partial charge in [0.2, 0.25) is 0 Å². The van der Waals surface area contributed by atoms with E-state index in [2.05, 4.69) is 34.3 Å². The second-order valence-electron chi connectivity index (χ2n) is 3.77. The Hall–Kier alpha value is -1.55. The molecular formula is C13H15N3S. The highest BCUT2D eigenvalue weighted by molar-refractivity contribution is 7.99. The van der Waals surface area contributed by atoms with E-state index in [1.54, 1.807) is 18.1 Å². The van der Waals surface area contributed by atoms with Crippen LogP contribution >= 0.6 is 11.8 Å². The summed E-state index contributed by atoms with van der Waals surface area (Å²) >= 11 is 1.68. The van der Waals surface area contributed by atoms with Crippen LogP contribution in [0.25, 0.3) is 0 Å². The predicted octanol–water partition coefficient (Wildman–Crippen LogP) is 3.29. The van der Waals surface area contributed by atoms with Gasteiger partial charge in [0.05, 0.1) is 0 Å². The van der Waals surface area contributed by atoms with Crippen LogP contribution in [0.15, 0.2) is 40.5 Å². The first kappa shape index (κ1) is 11.9.